The minimum atomic E-state index is -0.433. The van der Waals surface area contributed by atoms with E-state index in [-0.39, 0.29) is 49.5 Å². The molecule has 232 valence electrons. The van der Waals surface area contributed by atoms with Gasteiger partial charge in [-0.2, -0.15) is 0 Å². The van der Waals surface area contributed by atoms with Crippen LogP contribution in [0.3, 0.4) is 0 Å². The van der Waals surface area contributed by atoms with Crippen LogP contribution in [0.2, 0.25) is 10.0 Å². The SMILES string of the molecule is Cc1cc(C)cc(CN(C(=O)C2CNCCC2Nc2ccc(OCCOc3c(Cl)cc(C)cc3Cl)cc2F)C2CC2)c1.Cl. The quantitative estimate of drug-likeness (QED) is 0.210. The number of hydrogen-bond acceptors (Lipinski definition) is 5. The molecule has 0 aromatic heterocycles. The molecule has 1 aliphatic heterocycles. The van der Waals surface area contributed by atoms with Crippen molar-refractivity contribution in [3.05, 3.63) is 86.6 Å². The largest absolute Gasteiger partial charge is 0.490 e. The van der Waals surface area contributed by atoms with Crippen LogP contribution in [0, 0.1) is 32.5 Å². The Balaban J connectivity index is 0.00000423. The van der Waals surface area contributed by atoms with Gasteiger partial charge in [-0.05, 0) is 82.0 Å². The van der Waals surface area contributed by atoms with E-state index in [2.05, 4.69) is 42.7 Å². The maximum absolute atomic E-state index is 15.2. The molecule has 3 aromatic carbocycles. The lowest BCUT2D eigenvalue weighted by Gasteiger charge is -2.36. The molecule has 1 aliphatic carbocycles. The van der Waals surface area contributed by atoms with Crippen LogP contribution >= 0.6 is 35.6 Å². The van der Waals surface area contributed by atoms with Crippen molar-refractivity contribution in [3.8, 4) is 11.5 Å². The Hall–Kier alpha value is -2.71. The molecule has 10 heteroatoms. The highest BCUT2D eigenvalue weighted by Crippen LogP contribution is 2.34. The van der Waals surface area contributed by atoms with E-state index in [0.717, 1.165) is 36.9 Å². The number of halogens is 4. The molecule has 2 N–H and O–H groups in total. The average molecular weight is 651 g/mol. The van der Waals surface area contributed by atoms with Gasteiger partial charge in [-0.3, -0.25) is 4.79 Å². The summed E-state index contributed by atoms with van der Waals surface area (Å²) in [5, 5.41) is 7.57. The minimum Gasteiger partial charge on any atom is -0.490 e. The second-order valence-corrected chi connectivity index (χ2v) is 12.3. The van der Waals surface area contributed by atoms with E-state index in [1.165, 1.54) is 17.2 Å². The number of hydrogen-bond donors (Lipinski definition) is 2. The lowest BCUT2D eigenvalue weighted by Crippen LogP contribution is -2.52. The lowest BCUT2D eigenvalue weighted by atomic mass is 9.91. The summed E-state index contributed by atoms with van der Waals surface area (Å²) in [6, 6.07) is 14.8. The molecular weight excluding hydrogens is 612 g/mol. The van der Waals surface area contributed by atoms with Crippen LogP contribution in [0.5, 0.6) is 11.5 Å². The molecule has 6 nitrogen and oxygen atoms in total. The first kappa shape index (κ1) is 33.2. The molecule has 1 saturated heterocycles. The van der Waals surface area contributed by atoms with E-state index < -0.39 is 5.82 Å². The number of aryl methyl sites for hydroxylation is 3. The lowest BCUT2D eigenvalue weighted by molar-refractivity contribution is -0.137. The predicted octanol–water partition coefficient (Wildman–Crippen LogP) is 7.52. The molecule has 2 fully saturated rings. The molecule has 2 aliphatic rings. The molecular formula is C33H39Cl3FN3O3. The van der Waals surface area contributed by atoms with Gasteiger partial charge in [0.05, 0.1) is 21.7 Å². The van der Waals surface area contributed by atoms with E-state index in [9.17, 15) is 4.79 Å². The van der Waals surface area contributed by atoms with Gasteiger partial charge >= 0.3 is 0 Å². The van der Waals surface area contributed by atoms with Crippen molar-refractivity contribution < 1.29 is 18.7 Å². The van der Waals surface area contributed by atoms with E-state index >= 15 is 4.39 Å². The van der Waals surface area contributed by atoms with Crippen molar-refractivity contribution in [3.63, 3.8) is 0 Å². The number of piperidine rings is 1. The van der Waals surface area contributed by atoms with E-state index in [1.807, 2.05) is 11.8 Å². The van der Waals surface area contributed by atoms with Crippen LogP contribution in [0.15, 0.2) is 48.5 Å². The summed E-state index contributed by atoms with van der Waals surface area (Å²) in [4.78, 5) is 15.9. The third-order valence-corrected chi connectivity index (χ3v) is 8.29. The summed E-state index contributed by atoms with van der Waals surface area (Å²) >= 11 is 12.5. The van der Waals surface area contributed by atoms with Gasteiger partial charge in [-0.1, -0.05) is 52.5 Å². The molecule has 43 heavy (non-hydrogen) atoms. The van der Waals surface area contributed by atoms with Crippen molar-refractivity contribution in [2.24, 2.45) is 5.92 Å². The Morgan fingerprint density at radius 3 is 2.26 bits per heavy atom. The van der Waals surface area contributed by atoms with E-state index in [4.69, 9.17) is 32.7 Å². The minimum absolute atomic E-state index is 0. The Morgan fingerprint density at radius 1 is 0.953 bits per heavy atom. The van der Waals surface area contributed by atoms with E-state index in [1.54, 1.807) is 24.3 Å². The van der Waals surface area contributed by atoms with Gasteiger partial charge in [-0.15, -0.1) is 12.4 Å². The topological polar surface area (TPSA) is 62.8 Å². The molecule has 3 aromatic rings. The van der Waals surface area contributed by atoms with Crippen LogP contribution in [0.25, 0.3) is 0 Å². The fourth-order valence-corrected chi connectivity index (χ4v) is 6.37. The van der Waals surface area contributed by atoms with Crippen LogP contribution < -0.4 is 20.1 Å². The van der Waals surface area contributed by atoms with Gasteiger partial charge in [0.15, 0.2) is 5.75 Å². The van der Waals surface area contributed by atoms with Gasteiger partial charge in [-0.25, -0.2) is 4.39 Å². The van der Waals surface area contributed by atoms with Crippen LogP contribution in [-0.2, 0) is 11.3 Å². The van der Waals surface area contributed by atoms with Crippen LogP contribution in [0.1, 0.15) is 41.5 Å². The van der Waals surface area contributed by atoms with Gasteiger partial charge in [0, 0.05) is 31.2 Å². The van der Waals surface area contributed by atoms with Crippen LogP contribution in [0.4, 0.5) is 10.1 Å². The first-order valence-corrected chi connectivity index (χ1v) is 15.3. The first-order chi connectivity index (χ1) is 20.2. The molecule has 1 saturated carbocycles. The highest BCUT2D eigenvalue weighted by molar-refractivity contribution is 6.37. The number of amides is 1. The molecule has 2 unspecified atom stereocenters. The predicted molar refractivity (Wildman–Crippen MR) is 174 cm³/mol. The summed E-state index contributed by atoms with van der Waals surface area (Å²) < 4.78 is 26.6. The standard InChI is InChI=1S/C33H38Cl2FN3O3.ClH/c1-20-12-21(2)14-23(13-20)19-39(24-4-5-24)33(40)26-18-37-9-8-30(26)38-31-7-6-25(17-29(31)36)41-10-11-42-32-27(34)15-22(3)16-28(32)35;/h6-7,12-17,24,26,30,37-38H,4-5,8-11,18-19H2,1-3H3;1H. The van der Waals surface area contributed by atoms with Crippen molar-refractivity contribution in [2.45, 2.75) is 58.7 Å². The molecule has 0 radical (unpaired) electrons. The number of carbonyl (C=O) groups is 1. The average Bonchev–Trinajstić information content (AvgIpc) is 3.77. The number of ether oxygens (including phenoxy) is 2. The van der Waals surface area contributed by atoms with Gasteiger partial charge in [0.2, 0.25) is 5.91 Å². The number of nitrogens with one attached hydrogen (secondary N) is 2. The molecule has 0 bridgehead atoms. The first-order valence-electron chi connectivity index (χ1n) is 14.5. The summed E-state index contributed by atoms with van der Waals surface area (Å²) in [5.74, 6) is 0.179. The maximum Gasteiger partial charge on any atom is 0.229 e. The maximum atomic E-state index is 15.2. The molecule has 1 amide bonds. The second kappa shape index (κ2) is 14.8. The molecule has 1 heterocycles. The van der Waals surface area contributed by atoms with E-state index in [0.29, 0.717) is 40.3 Å². The third-order valence-electron chi connectivity index (χ3n) is 7.73. The fraction of sp³-hybridized carbons (Fsp3) is 0.424. The zero-order chi connectivity index (χ0) is 29.8. The number of nitrogens with zero attached hydrogens (tertiary/aromatic N) is 1. The van der Waals surface area contributed by atoms with Crippen LogP contribution in [-0.4, -0.2) is 49.2 Å². The number of rotatable bonds is 11. The number of carbonyl (C=O) groups excluding carboxylic acids is 1. The van der Waals surface area contributed by atoms with Gasteiger partial charge in [0.25, 0.3) is 0 Å². The third kappa shape index (κ3) is 8.69. The summed E-state index contributed by atoms with van der Waals surface area (Å²) in [6.45, 7) is 8.38. The Bertz CT molecular complexity index is 1390. The van der Waals surface area contributed by atoms with Crippen molar-refractivity contribution in [2.75, 3.05) is 31.6 Å². The molecule has 5 rings (SSSR count). The van der Waals surface area contributed by atoms with Crippen molar-refractivity contribution >= 4 is 47.2 Å². The number of benzene rings is 3. The molecule has 2 atom stereocenters. The zero-order valence-electron chi connectivity index (χ0n) is 24.7. The van der Waals surface area contributed by atoms with Crippen molar-refractivity contribution in [1.82, 2.24) is 10.2 Å². The zero-order valence-corrected chi connectivity index (χ0v) is 27.1. The summed E-state index contributed by atoms with van der Waals surface area (Å²) in [5.41, 5.74) is 4.84. The highest BCUT2D eigenvalue weighted by Gasteiger charge is 2.40. The highest BCUT2D eigenvalue weighted by atomic mass is 35.5. The fourth-order valence-electron chi connectivity index (χ4n) is 5.66. The smallest absolute Gasteiger partial charge is 0.229 e. The number of anilines is 1. The monoisotopic (exact) mass is 649 g/mol. The Labute approximate surface area is 269 Å². The van der Waals surface area contributed by atoms with Crippen molar-refractivity contribution in [1.29, 1.82) is 0 Å². The Kier molecular flexibility index (Phi) is 11.5. The normalized spacial score (nSPS) is 18.0. The second-order valence-electron chi connectivity index (χ2n) is 11.4. The summed E-state index contributed by atoms with van der Waals surface area (Å²) in [7, 11) is 0. The molecule has 0 spiro atoms. The van der Waals surface area contributed by atoms with Gasteiger partial charge < -0.3 is 25.0 Å². The Morgan fingerprint density at radius 2 is 1.60 bits per heavy atom. The summed E-state index contributed by atoms with van der Waals surface area (Å²) in [6.07, 6.45) is 2.78. The van der Waals surface area contributed by atoms with Gasteiger partial charge in [0.1, 0.15) is 24.8 Å².